The Kier molecular flexibility index (Phi) is 4.03. The van der Waals surface area contributed by atoms with Gasteiger partial charge in [0.25, 0.3) is 0 Å². The summed E-state index contributed by atoms with van der Waals surface area (Å²) in [6.07, 6.45) is 2.63. The summed E-state index contributed by atoms with van der Waals surface area (Å²) in [7, 11) is 0. The Morgan fingerprint density at radius 2 is 2.20 bits per heavy atom. The van der Waals surface area contributed by atoms with Gasteiger partial charge in [-0.3, -0.25) is 0 Å². The van der Waals surface area contributed by atoms with Crippen molar-refractivity contribution in [2.45, 2.75) is 33.7 Å². The molecule has 0 fully saturated rings. The maximum Gasteiger partial charge on any atom is 0.240 e. The van der Waals surface area contributed by atoms with E-state index in [1.165, 1.54) is 0 Å². The Morgan fingerprint density at radius 3 is 2.80 bits per heavy atom. The van der Waals surface area contributed by atoms with Crippen LogP contribution in [-0.4, -0.2) is 16.7 Å². The van der Waals surface area contributed by atoms with Crippen LogP contribution >= 0.6 is 0 Å². The van der Waals surface area contributed by atoms with Gasteiger partial charge in [-0.25, -0.2) is 0 Å². The smallest absolute Gasteiger partial charge is 0.240 e. The topological polar surface area (TPSA) is 51.0 Å². The van der Waals surface area contributed by atoms with E-state index in [2.05, 4.69) is 42.8 Å². The third kappa shape index (κ3) is 4.74. The van der Waals surface area contributed by atoms with Crippen LogP contribution in [-0.2, 0) is 13.0 Å². The lowest BCUT2D eigenvalue weighted by Crippen LogP contribution is -2.13. The molecular formula is C11H19N3O. The van der Waals surface area contributed by atoms with Gasteiger partial charge >= 0.3 is 0 Å². The zero-order valence-corrected chi connectivity index (χ0v) is 9.71. The number of hydrogen-bond acceptors (Lipinski definition) is 4. The van der Waals surface area contributed by atoms with Crippen molar-refractivity contribution in [3.8, 4) is 0 Å². The summed E-state index contributed by atoms with van der Waals surface area (Å²) in [6.45, 7) is 11.4. The molecule has 15 heavy (non-hydrogen) atoms. The number of nitrogens with zero attached hydrogens (tertiary/aromatic N) is 2. The highest BCUT2D eigenvalue weighted by Crippen LogP contribution is 2.18. The summed E-state index contributed by atoms with van der Waals surface area (Å²) in [5, 5.41) is 7.04. The first-order chi connectivity index (χ1) is 7.01. The van der Waals surface area contributed by atoms with E-state index >= 15 is 0 Å². The van der Waals surface area contributed by atoms with Gasteiger partial charge in [-0.05, 0) is 5.41 Å². The Bertz CT molecular complexity index is 312. The second-order valence-corrected chi connectivity index (χ2v) is 4.76. The zero-order chi connectivity index (χ0) is 11.3. The molecule has 0 amide bonds. The van der Waals surface area contributed by atoms with Gasteiger partial charge in [0.05, 0.1) is 6.54 Å². The fourth-order valence-corrected chi connectivity index (χ4v) is 1.19. The van der Waals surface area contributed by atoms with Crippen LogP contribution in [0.25, 0.3) is 0 Å². The molecule has 84 valence electrons. The van der Waals surface area contributed by atoms with Crippen molar-refractivity contribution in [1.82, 2.24) is 15.5 Å². The van der Waals surface area contributed by atoms with E-state index in [0.29, 0.717) is 12.4 Å². The normalized spacial score (nSPS) is 11.7. The van der Waals surface area contributed by atoms with Crippen LogP contribution in [0, 0.1) is 5.41 Å². The molecular weight excluding hydrogens is 190 g/mol. The van der Waals surface area contributed by atoms with Gasteiger partial charge < -0.3 is 9.84 Å². The van der Waals surface area contributed by atoms with E-state index in [1.54, 1.807) is 6.08 Å². The van der Waals surface area contributed by atoms with Crippen molar-refractivity contribution in [3.05, 3.63) is 24.4 Å². The third-order valence-electron chi connectivity index (χ3n) is 1.76. The standard InChI is InChI=1S/C11H19N3O/c1-5-6-12-8-10-13-9(14-15-10)7-11(2,3)4/h5,12H,1,6-8H2,2-4H3. The van der Waals surface area contributed by atoms with Gasteiger partial charge in [0.1, 0.15) is 0 Å². The summed E-state index contributed by atoms with van der Waals surface area (Å²) in [6, 6.07) is 0. The zero-order valence-electron chi connectivity index (χ0n) is 9.71. The van der Waals surface area contributed by atoms with Crippen LogP contribution in [0.4, 0.5) is 0 Å². The molecule has 0 unspecified atom stereocenters. The number of aromatic nitrogens is 2. The quantitative estimate of drug-likeness (QED) is 0.594. The van der Waals surface area contributed by atoms with Gasteiger partial charge in [0.15, 0.2) is 5.82 Å². The molecule has 1 N–H and O–H groups in total. The van der Waals surface area contributed by atoms with Crippen LogP contribution in [0.1, 0.15) is 32.5 Å². The number of hydrogen-bond donors (Lipinski definition) is 1. The fourth-order valence-electron chi connectivity index (χ4n) is 1.19. The van der Waals surface area contributed by atoms with E-state index in [9.17, 15) is 0 Å². The molecule has 0 atom stereocenters. The molecule has 0 aromatic carbocycles. The monoisotopic (exact) mass is 209 g/mol. The minimum absolute atomic E-state index is 0.190. The molecule has 1 heterocycles. The second-order valence-electron chi connectivity index (χ2n) is 4.76. The third-order valence-corrected chi connectivity index (χ3v) is 1.76. The maximum absolute atomic E-state index is 5.10. The molecule has 0 saturated heterocycles. The van der Waals surface area contributed by atoms with Crippen LogP contribution in [0.3, 0.4) is 0 Å². The van der Waals surface area contributed by atoms with Crippen molar-refractivity contribution < 1.29 is 4.52 Å². The van der Waals surface area contributed by atoms with Crippen molar-refractivity contribution in [1.29, 1.82) is 0 Å². The van der Waals surface area contributed by atoms with E-state index < -0.39 is 0 Å². The molecule has 0 aliphatic rings. The van der Waals surface area contributed by atoms with Crippen molar-refractivity contribution >= 4 is 0 Å². The molecule has 0 saturated carbocycles. The average molecular weight is 209 g/mol. The summed E-state index contributed by atoms with van der Waals surface area (Å²) < 4.78 is 5.10. The van der Waals surface area contributed by atoms with Crippen molar-refractivity contribution in [2.75, 3.05) is 6.54 Å². The lowest BCUT2D eigenvalue weighted by atomic mass is 9.92. The summed E-state index contributed by atoms with van der Waals surface area (Å²) in [5.74, 6) is 1.41. The van der Waals surface area contributed by atoms with Crippen LogP contribution in [0.2, 0.25) is 0 Å². The molecule has 1 aromatic rings. The Morgan fingerprint density at radius 1 is 1.47 bits per heavy atom. The van der Waals surface area contributed by atoms with Gasteiger partial charge in [0, 0.05) is 13.0 Å². The first kappa shape index (κ1) is 11.9. The lowest BCUT2D eigenvalue weighted by molar-refractivity contribution is 0.350. The highest BCUT2D eigenvalue weighted by Gasteiger charge is 2.15. The van der Waals surface area contributed by atoms with Crippen LogP contribution < -0.4 is 5.32 Å². The van der Waals surface area contributed by atoms with Crippen LogP contribution in [0.15, 0.2) is 17.2 Å². The molecule has 4 nitrogen and oxygen atoms in total. The van der Waals surface area contributed by atoms with Gasteiger partial charge in [-0.15, -0.1) is 6.58 Å². The van der Waals surface area contributed by atoms with Gasteiger partial charge in [-0.2, -0.15) is 4.98 Å². The average Bonchev–Trinajstić information content (AvgIpc) is 2.50. The molecule has 4 heteroatoms. The minimum atomic E-state index is 0.190. The largest absolute Gasteiger partial charge is 0.338 e. The first-order valence-electron chi connectivity index (χ1n) is 5.14. The molecule has 1 rings (SSSR count). The Hall–Kier alpha value is -1.16. The molecule has 1 aromatic heterocycles. The highest BCUT2D eigenvalue weighted by molar-refractivity contribution is 4.90. The minimum Gasteiger partial charge on any atom is -0.338 e. The van der Waals surface area contributed by atoms with E-state index in [4.69, 9.17) is 4.52 Å². The van der Waals surface area contributed by atoms with Crippen LogP contribution in [0.5, 0.6) is 0 Å². The molecule has 0 aliphatic carbocycles. The second kappa shape index (κ2) is 5.07. The predicted molar refractivity (Wildman–Crippen MR) is 59.4 cm³/mol. The SMILES string of the molecule is C=CCNCc1nc(CC(C)(C)C)no1. The Labute approximate surface area is 90.8 Å². The molecule has 0 bridgehead atoms. The number of rotatable bonds is 5. The predicted octanol–water partition coefficient (Wildman–Crippen LogP) is 1.93. The highest BCUT2D eigenvalue weighted by atomic mass is 16.5. The molecule has 0 spiro atoms. The Balaban J connectivity index is 2.45. The molecule has 0 aliphatic heterocycles. The summed E-state index contributed by atoms with van der Waals surface area (Å²) >= 11 is 0. The molecule has 0 radical (unpaired) electrons. The summed E-state index contributed by atoms with van der Waals surface area (Å²) in [5.41, 5.74) is 0.190. The fraction of sp³-hybridized carbons (Fsp3) is 0.636. The van der Waals surface area contributed by atoms with Crippen molar-refractivity contribution in [2.24, 2.45) is 5.41 Å². The van der Waals surface area contributed by atoms with E-state index in [0.717, 1.165) is 18.8 Å². The van der Waals surface area contributed by atoms with E-state index in [-0.39, 0.29) is 5.41 Å². The first-order valence-corrected chi connectivity index (χ1v) is 5.14. The lowest BCUT2D eigenvalue weighted by Gasteiger charge is -2.14. The maximum atomic E-state index is 5.10. The number of nitrogens with one attached hydrogen (secondary N) is 1. The van der Waals surface area contributed by atoms with Crippen molar-refractivity contribution in [3.63, 3.8) is 0 Å². The van der Waals surface area contributed by atoms with Gasteiger partial charge in [0.2, 0.25) is 5.89 Å². The van der Waals surface area contributed by atoms with E-state index in [1.807, 2.05) is 0 Å². The van der Waals surface area contributed by atoms with Gasteiger partial charge in [-0.1, -0.05) is 32.0 Å². The summed E-state index contributed by atoms with van der Waals surface area (Å²) in [4.78, 5) is 4.29.